The van der Waals surface area contributed by atoms with Gasteiger partial charge in [-0.05, 0) is 74.8 Å². The number of pyridine rings is 1. The van der Waals surface area contributed by atoms with Crippen LogP contribution < -0.4 is 5.32 Å². The number of fused-ring (bicyclic) bond motifs is 1. The van der Waals surface area contributed by atoms with Crippen LogP contribution in [-0.2, 0) is 19.1 Å². The summed E-state index contributed by atoms with van der Waals surface area (Å²) in [5, 5.41) is 3.68. The molecule has 13 nitrogen and oxygen atoms in total. The van der Waals surface area contributed by atoms with E-state index >= 15 is 4.39 Å². The molecule has 274 valence electrons. The minimum Gasteiger partial charge on any atom is -0.453 e. The van der Waals surface area contributed by atoms with E-state index in [1.807, 2.05) is 36.4 Å². The van der Waals surface area contributed by atoms with Gasteiger partial charge in [0.25, 0.3) is 0 Å². The average Bonchev–Trinajstić information content (AvgIpc) is 4.03. The summed E-state index contributed by atoms with van der Waals surface area (Å²) in [7, 11) is 1.29. The highest BCUT2D eigenvalue weighted by atomic mass is 19.1. The van der Waals surface area contributed by atoms with Gasteiger partial charge in [-0.15, -0.1) is 0 Å². The van der Waals surface area contributed by atoms with Gasteiger partial charge in [-0.2, -0.15) is 0 Å². The van der Waals surface area contributed by atoms with Crippen LogP contribution in [-0.4, -0.2) is 92.6 Å². The average molecular weight is 721 g/mol. The second-order valence-corrected chi connectivity index (χ2v) is 13.9. The molecule has 3 aliphatic heterocycles. The molecule has 3 N–H and O–H groups in total. The molecule has 3 saturated heterocycles. The van der Waals surface area contributed by atoms with Crippen LogP contribution in [0.4, 0.5) is 9.18 Å². The number of imidazole rings is 2. The number of aromatic amines is 2. The maximum absolute atomic E-state index is 15.7. The Morgan fingerprint density at radius 2 is 1.62 bits per heavy atom. The van der Waals surface area contributed by atoms with Crippen molar-refractivity contribution in [1.29, 1.82) is 0 Å². The molecule has 3 amide bonds. The predicted octanol–water partition coefficient (Wildman–Crippen LogP) is 5.93. The first-order valence-electron chi connectivity index (χ1n) is 18.1. The highest BCUT2D eigenvalue weighted by Crippen LogP contribution is 2.35. The number of H-pyrrole nitrogens is 2. The van der Waals surface area contributed by atoms with Gasteiger partial charge in [0.15, 0.2) is 0 Å². The SMILES string of the molecule is COC(=O)NC(C(=O)N1CCCC1c1ncc(-c2ccc(-c3ccc4cc(-c5cnc(C6CCCN6C=O)[nH]5)ccc4n3)c(F)c2)[nH]1)C1CCOCC1. The Balaban J connectivity index is 0.979. The van der Waals surface area contributed by atoms with E-state index in [9.17, 15) is 14.4 Å². The molecule has 0 saturated carbocycles. The number of halogens is 1. The molecule has 2 aromatic carbocycles. The van der Waals surface area contributed by atoms with Crippen LogP contribution >= 0.6 is 0 Å². The zero-order chi connectivity index (χ0) is 36.5. The molecule has 3 aliphatic rings. The summed E-state index contributed by atoms with van der Waals surface area (Å²) in [6.07, 6.45) is 8.37. The quantitative estimate of drug-likeness (QED) is 0.158. The molecule has 53 heavy (non-hydrogen) atoms. The van der Waals surface area contributed by atoms with Crippen LogP contribution in [0.25, 0.3) is 44.7 Å². The number of hydrogen-bond acceptors (Lipinski definition) is 8. The van der Waals surface area contributed by atoms with Crippen LogP contribution in [0.5, 0.6) is 0 Å². The van der Waals surface area contributed by atoms with Crippen molar-refractivity contribution in [2.24, 2.45) is 5.92 Å². The maximum atomic E-state index is 15.7. The highest BCUT2D eigenvalue weighted by Gasteiger charge is 2.40. The molecule has 3 fully saturated rings. The van der Waals surface area contributed by atoms with E-state index in [0.29, 0.717) is 67.4 Å². The van der Waals surface area contributed by atoms with Crippen molar-refractivity contribution < 1.29 is 28.2 Å². The van der Waals surface area contributed by atoms with E-state index in [2.05, 4.69) is 25.3 Å². The number of rotatable bonds is 9. The van der Waals surface area contributed by atoms with Crippen LogP contribution in [0.1, 0.15) is 62.3 Å². The van der Waals surface area contributed by atoms with Gasteiger partial charge in [-0.25, -0.2) is 24.1 Å². The van der Waals surface area contributed by atoms with Crippen LogP contribution in [0.15, 0.2) is 60.9 Å². The number of benzene rings is 2. The Kier molecular flexibility index (Phi) is 9.61. The van der Waals surface area contributed by atoms with E-state index in [-0.39, 0.29) is 23.9 Å². The third kappa shape index (κ3) is 6.86. The van der Waals surface area contributed by atoms with Crippen molar-refractivity contribution in [3.05, 3.63) is 78.4 Å². The van der Waals surface area contributed by atoms with E-state index in [0.717, 1.165) is 60.2 Å². The largest absolute Gasteiger partial charge is 0.453 e. The number of alkyl carbamates (subject to hydrolysis) is 1. The Labute approximate surface area is 305 Å². The van der Waals surface area contributed by atoms with Crippen LogP contribution in [0.3, 0.4) is 0 Å². The summed E-state index contributed by atoms with van der Waals surface area (Å²) in [5.74, 6) is 0.744. The molecule has 5 aromatic rings. The van der Waals surface area contributed by atoms with Gasteiger partial charge >= 0.3 is 6.09 Å². The van der Waals surface area contributed by atoms with Gasteiger partial charge in [0.2, 0.25) is 12.3 Å². The Morgan fingerprint density at radius 3 is 2.36 bits per heavy atom. The Bertz CT molecular complexity index is 2140. The second kappa shape index (κ2) is 14.8. The van der Waals surface area contributed by atoms with Gasteiger partial charge in [-0.1, -0.05) is 18.2 Å². The van der Waals surface area contributed by atoms with Gasteiger partial charge < -0.3 is 34.6 Å². The lowest BCUT2D eigenvalue weighted by Crippen LogP contribution is -2.53. The number of nitrogens with zero attached hydrogens (tertiary/aromatic N) is 5. The zero-order valence-corrected chi connectivity index (χ0v) is 29.4. The molecule has 0 bridgehead atoms. The van der Waals surface area contributed by atoms with Crippen molar-refractivity contribution >= 4 is 29.3 Å². The number of carbonyl (C=O) groups is 3. The van der Waals surface area contributed by atoms with Gasteiger partial charge in [-0.3, -0.25) is 9.59 Å². The van der Waals surface area contributed by atoms with Crippen molar-refractivity contribution in [3.8, 4) is 33.8 Å². The lowest BCUT2D eigenvalue weighted by molar-refractivity contribution is -0.136. The molecular formula is C39H41FN8O5. The number of methoxy groups -OCH3 is 1. The van der Waals surface area contributed by atoms with E-state index in [1.165, 1.54) is 13.2 Å². The first kappa shape index (κ1) is 34.5. The summed E-state index contributed by atoms with van der Waals surface area (Å²) in [4.78, 5) is 61.8. The number of hydrogen-bond donors (Lipinski definition) is 3. The lowest BCUT2D eigenvalue weighted by Gasteiger charge is -2.34. The van der Waals surface area contributed by atoms with Gasteiger partial charge in [0.05, 0.1) is 54.2 Å². The number of aromatic nitrogens is 5. The lowest BCUT2D eigenvalue weighted by atomic mass is 9.90. The van der Waals surface area contributed by atoms with Crippen molar-refractivity contribution in [1.82, 2.24) is 40.0 Å². The van der Waals surface area contributed by atoms with Crippen LogP contribution in [0, 0.1) is 11.7 Å². The van der Waals surface area contributed by atoms with Gasteiger partial charge in [0.1, 0.15) is 23.5 Å². The summed E-state index contributed by atoms with van der Waals surface area (Å²) in [6, 6.07) is 13.6. The fraction of sp³-hybridized carbons (Fsp3) is 0.385. The first-order valence-corrected chi connectivity index (χ1v) is 18.1. The minimum atomic E-state index is -0.725. The zero-order valence-electron chi connectivity index (χ0n) is 29.4. The van der Waals surface area contributed by atoms with Crippen molar-refractivity contribution in [2.75, 3.05) is 33.4 Å². The highest BCUT2D eigenvalue weighted by molar-refractivity contribution is 5.87. The normalized spacial score (nSPS) is 19.8. The Hall–Kier alpha value is -5.63. The fourth-order valence-corrected chi connectivity index (χ4v) is 7.96. The minimum absolute atomic E-state index is 0.0330. The third-order valence-electron chi connectivity index (χ3n) is 10.8. The summed E-state index contributed by atoms with van der Waals surface area (Å²) < 4.78 is 26.1. The maximum Gasteiger partial charge on any atom is 0.407 e. The standard InChI is InChI=1S/C39H41FN8O5/c1-52-39(51)46-35(23-12-16-53-17-13-23)38(50)48-15-3-5-34(48)37-42-21-32(45-37)26-6-9-27(28(40)19-26)30-11-8-24-18-25(7-10-29(24)43-30)31-20-41-36(44-31)33-4-2-14-47(33)22-49/h6-11,18-23,33-35H,2-5,12-17H2,1H3,(H,41,44)(H,42,45)(H,46,51). The molecule has 3 atom stereocenters. The monoisotopic (exact) mass is 720 g/mol. The number of nitrogens with one attached hydrogen (secondary N) is 3. The topological polar surface area (TPSA) is 158 Å². The molecule has 0 radical (unpaired) electrons. The molecule has 0 aliphatic carbocycles. The van der Waals surface area contributed by atoms with Crippen molar-refractivity contribution in [3.63, 3.8) is 0 Å². The number of amides is 3. The van der Waals surface area contributed by atoms with E-state index < -0.39 is 18.0 Å². The molecular weight excluding hydrogens is 679 g/mol. The molecule has 8 rings (SSSR count). The molecule has 3 unspecified atom stereocenters. The number of carbonyl (C=O) groups excluding carboxylic acids is 3. The van der Waals surface area contributed by atoms with E-state index in [1.54, 1.807) is 28.3 Å². The molecule has 14 heteroatoms. The summed E-state index contributed by atoms with van der Waals surface area (Å²) in [6.45, 7) is 2.35. The predicted molar refractivity (Wildman–Crippen MR) is 194 cm³/mol. The Morgan fingerprint density at radius 1 is 0.925 bits per heavy atom. The number of likely N-dealkylation sites (tertiary alicyclic amines) is 2. The van der Waals surface area contributed by atoms with Crippen LogP contribution in [0.2, 0.25) is 0 Å². The van der Waals surface area contributed by atoms with Gasteiger partial charge in [0, 0.05) is 48.4 Å². The summed E-state index contributed by atoms with van der Waals surface area (Å²) in [5.41, 5.74) is 4.66. The van der Waals surface area contributed by atoms with E-state index in [4.69, 9.17) is 14.5 Å². The second-order valence-electron chi connectivity index (χ2n) is 13.9. The fourth-order valence-electron chi connectivity index (χ4n) is 7.96. The summed E-state index contributed by atoms with van der Waals surface area (Å²) >= 11 is 0. The third-order valence-corrected chi connectivity index (χ3v) is 10.8. The smallest absolute Gasteiger partial charge is 0.407 e. The number of ether oxygens (including phenoxy) is 2. The molecule has 0 spiro atoms. The molecule has 6 heterocycles. The van der Waals surface area contributed by atoms with Crippen molar-refractivity contribution in [2.45, 2.75) is 56.7 Å². The first-order chi connectivity index (χ1) is 25.9. The molecule has 3 aromatic heterocycles.